The van der Waals surface area contributed by atoms with Gasteiger partial charge in [0.25, 0.3) is 5.91 Å². The molecule has 1 rings (SSSR count). The van der Waals surface area contributed by atoms with E-state index in [0.29, 0.717) is 4.88 Å². The summed E-state index contributed by atoms with van der Waals surface area (Å²) in [5.74, 6) is -1.76. The molecular formula is C13H17BrN2O4S. The number of carbonyl (C=O) groups is 3. The summed E-state index contributed by atoms with van der Waals surface area (Å²) in [6, 6.07) is 2.66. The molecule has 0 aromatic carbocycles. The van der Waals surface area contributed by atoms with Gasteiger partial charge in [-0.1, -0.05) is 0 Å². The van der Waals surface area contributed by atoms with E-state index in [1.165, 1.54) is 25.2 Å². The van der Waals surface area contributed by atoms with E-state index in [0.717, 1.165) is 3.79 Å². The maximum Gasteiger partial charge on any atom is 0.310 e. The fourth-order valence-corrected chi connectivity index (χ4v) is 2.60. The zero-order chi connectivity index (χ0) is 16.2. The minimum absolute atomic E-state index is 0.00801. The fraction of sp³-hybridized carbons (Fsp3) is 0.462. The Balaban J connectivity index is 2.52. The third kappa shape index (κ3) is 5.13. The van der Waals surface area contributed by atoms with Gasteiger partial charge in [-0.15, -0.1) is 11.3 Å². The number of halogens is 1. The standard InChI is InChI=1S/C13H17BrN2O4S/c1-7(10(17)15-6-13(2,3)12(19)20)16-11(18)8-4-5-9(14)21-8/h4-5,7H,6H2,1-3H3,(H,15,17)(H,16,18)(H,19,20). The van der Waals surface area contributed by atoms with Crippen LogP contribution in [0, 0.1) is 5.41 Å². The van der Waals surface area contributed by atoms with Crippen LogP contribution in [0.5, 0.6) is 0 Å². The summed E-state index contributed by atoms with van der Waals surface area (Å²) >= 11 is 4.53. The summed E-state index contributed by atoms with van der Waals surface area (Å²) in [5.41, 5.74) is -1.06. The van der Waals surface area contributed by atoms with Crippen LogP contribution in [0.25, 0.3) is 0 Å². The molecule has 3 N–H and O–H groups in total. The van der Waals surface area contributed by atoms with Gasteiger partial charge in [0.1, 0.15) is 6.04 Å². The number of hydrogen-bond donors (Lipinski definition) is 3. The molecule has 0 saturated heterocycles. The van der Waals surface area contributed by atoms with E-state index in [1.54, 1.807) is 19.1 Å². The van der Waals surface area contributed by atoms with E-state index in [4.69, 9.17) is 5.11 Å². The lowest BCUT2D eigenvalue weighted by Gasteiger charge is -2.21. The maximum absolute atomic E-state index is 11.9. The number of rotatable bonds is 6. The highest BCUT2D eigenvalue weighted by Crippen LogP contribution is 2.21. The van der Waals surface area contributed by atoms with Gasteiger partial charge < -0.3 is 15.7 Å². The van der Waals surface area contributed by atoms with Crippen molar-refractivity contribution < 1.29 is 19.5 Å². The SMILES string of the molecule is CC(NC(=O)c1ccc(Br)s1)C(=O)NCC(C)(C)C(=O)O. The molecule has 0 aliphatic carbocycles. The Morgan fingerprint density at radius 3 is 2.48 bits per heavy atom. The number of carboxylic acids is 1. The molecule has 1 atom stereocenters. The van der Waals surface area contributed by atoms with Gasteiger partial charge in [-0.05, 0) is 48.8 Å². The quantitative estimate of drug-likeness (QED) is 0.705. The molecule has 1 aromatic rings. The fourth-order valence-electron chi connectivity index (χ4n) is 1.31. The largest absolute Gasteiger partial charge is 0.481 e. The van der Waals surface area contributed by atoms with Crippen molar-refractivity contribution in [1.82, 2.24) is 10.6 Å². The smallest absolute Gasteiger partial charge is 0.310 e. The van der Waals surface area contributed by atoms with Gasteiger partial charge in [-0.2, -0.15) is 0 Å². The first kappa shape index (κ1) is 17.6. The van der Waals surface area contributed by atoms with Crippen LogP contribution in [0.1, 0.15) is 30.4 Å². The molecule has 6 nitrogen and oxygen atoms in total. The highest BCUT2D eigenvalue weighted by atomic mass is 79.9. The van der Waals surface area contributed by atoms with Crippen LogP contribution in [0.2, 0.25) is 0 Å². The van der Waals surface area contributed by atoms with Crippen molar-refractivity contribution in [1.29, 1.82) is 0 Å². The Labute approximate surface area is 135 Å². The van der Waals surface area contributed by atoms with E-state index < -0.39 is 23.3 Å². The molecule has 1 heterocycles. The Morgan fingerprint density at radius 1 is 1.38 bits per heavy atom. The maximum atomic E-state index is 11.9. The average Bonchev–Trinajstić information content (AvgIpc) is 2.82. The van der Waals surface area contributed by atoms with Gasteiger partial charge in [0.05, 0.1) is 14.1 Å². The molecule has 0 fully saturated rings. The monoisotopic (exact) mass is 376 g/mol. The molecule has 0 aliphatic rings. The van der Waals surface area contributed by atoms with Crippen LogP contribution in [0.4, 0.5) is 0 Å². The number of nitrogens with one attached hydrogen (secondary N) is 2. The van der Waals surface area contributed by atoms with Crippen molar-refractivity contribution in [2.24, 2.45) is 5.41 Å². The second-order valence-electron chi connectivity index (χ2n) is 5.21. The predicted molar refractivity (Wildman–Crippen MR) is 83.4 cm³/mol. The Hall–Kier alpha value is -1.41. The topological polar surface area (TPSA) is 95.5 Å². The second kappa shape index (κ2) is 7.04. The van der Waals surface area contributed by atoms with Crippen LogP contribution < -0.4 is 10.6 Å². The number of hydrogen-bond acceptors (Lipinski definition) is 4. The lowest BCUT2D eigenvalue weighted by molar-refractivity contribution is -0.146. The Kier molecular flexibility index (Phi) is 5.91. The normalized spacial score (nSPS) is 12.6. The molecule has 2 amide bonds. The van der Waals surface area contributed by atoms with Crippen LogP contribution in [0.15, 0.2) is 15.9 Å². The molecule has 21 heavy (non-hydrogen) atoms. The van der Waals surface area contributed by atoms with Crippen LogP contribution in [-0.2, 0) is 9.59 Å². The van der Waals surface area contributed by atoms with Crippen molar-refractivity contribution in [3.8, 4) is 0 Å². The molecule has 8 heteroatoms. The number of aliphatic carboxylic acids is 1. The van der Waals surface area contributed by atoms with Crippen molar-refractivity contribution in [3.05, 3.63) is 20.8 Å². The molecular weight excluding hydrogens is 360 g/mol. The summed E-state index contributed by atoms with van der Waals surface area (Å²) in [6.07, 6.45) is 0. The van der Waals surface area contributed by atoms with Crippen LogP contribution in [-0.4, -0.2) is 35.5 Å². The van der Waals surface area contributed by atoms with Gasteiger partial charge in [0, 0.05) is 6.54 Å². The average molecular weight is 377 g/mol. The lowest BCUT2D eigenvalue weighted by Crippen LogP contribution is -2.48. The second-order valence-corrected chi connectivity index (χ2v) is 7.67. The van der Waals surface area contributed by atoms with Crippen LogP contribution >= 0.6 is 27.3 Å². The number of carboxylic acid groups (broad SMARTS) is 1. The summed E-state index contributed by atoms with van der Waals surface area (Å²) < 4.78 is 0.827. The van der Waals surface area contributed by atoms with Gasteiger partial charge in [0.2, 0.25) is 5.91 Å². The molecule has 116 valence electrons. The van der Waals surface area contributed by atoms with Crippen molar-refractivity contribution in [3.63, 3.8) is 0 Å². The third-order valence-electron chi connectivity index (χ3n) is 2.82. The van der Waals surface area contributed by atoms with Crippen molar-refractivity contribution in [2.75, 3.05) is 6.54 Å². The first-order valence-electron chi connectivity index (χ1n) is 6.21. The first-order valence-corrected chi connectivity index (χ1v) is 7.82. The van der Waals surface area contributed by atoms with Crippen molar-refractivity contribution >= 4 is 45.1 Å². The highest BCUT2D eigenvalue weighted by molar-refractivity contribution is 9.11. The van der Waals surface area contributed by atoms with Gasteiger partial charge >= 0.3 is 5.97 Å². The van der Waals surface area contributed by atoms with E-state index in [9.17, 15) is 14.4 Å². The van der Waals surface area contributed by atoms with Gasteiger partial charge in [-0.25, -0.2) is 0 Å². The van der Waals surface area contributed by atoms with Gasteiger partial charge in [-0.3, -0.25) is 14.4 Å². The molecule has 1 unspecified atom stereocenters. The lowest BCUT2D eigenvalue weighted by atomic mass is 9.94. The number of thiophene rings is 1. The molecule has 0 bridgehead atoms. The minimum atomic E-state index is -1.06. The zero-order valence-electron chi connectivity index (χ0n) is 11.9. The van der Waals surface area contributed by atoms with E-state index in [2.05, 4.69) is 26.6 Å². The van der Waals surface area contributed by atoms with Crippen LogP contribution in [0.3, 0.4) is 0 Å². The van der Waals surface area contributed by atoms with E-state index in [-0.39, 0.29) is 12.5 Å². The Bertz CT molecular complexity index is 556. The Morgan fingerprint density at radius 2 is 2.00 bits per heavy atom. The number of carbonyl (C=O) groups excluding carboxylic acids is 2. The van der Waals surface area contributed by atoms with E-state index >= 15 is 0 Å². The zero-order valence-corrected chi connectivity index (χ0v) is 14.3. The summed E-state index contributed by atoms with van der Waals surface area (Å²) in [4.78, 5) is 35.2. The molecule has 0 radical (unpaired) electrons. The number of amides is 2. The van der Waals surface area contributed by atoms with Gasteiger partial charge in [0.15, 0.2) is 0 Å². The highest BCUT2D eigenvalue weighted by Gasteiger charge is 2.28. The summed E-state index contributed by atoms with van der Waals surface area (Å²) in [7, 11) is 0. The van der Waals surface area contributed by atoms with Crippen molar-refractivity contribution in [2.45, 2.75) is 26.8 Å². The minimum Gasteiger partial charge on any atom is -0.481 e. The summed E-state index contributed by atoms with van der Waals surface area (Å²) in [6.45, 7) is 4.57. The molecule has 0 saturated carbocycles. The molecule has 0 spiro atoms. The summed E-state index contributed by atoms with van der Waals surface area (Å²) in [5, 5.41) is 14.1. The molecule has 0 aliphatic heterocycles. The predicted octanol–water partition coefficient (Wildman–Crippen LogP) is 1.86. The van der Waals surface area contributed by atoms with E-state index in [1.807, 2.05) is 0 Å². The third-order valence-corrected chi connectivity index (χ3v) is 4.44. The molecule has 1 aromatic heterocycles. The first-order chi connectivity index (χ1) is 9.63.